The highest BCUT2D eigenvalue weighted by molar-refractivity contribution is 5.15. The molecule has 1 aliphatic rings. The summed E-state index contributed by atoms with van der Waals surface area (Å²) in [5, 5.41) is 21.3. The van der Waals surface area contributed by atoms with Crippen LogP contribution in [0.4, 0.5) is 0 Å². The van der Waals surface area contributed by atoms with Crippen molar-refractivity contribution in [2.45, 2.75) is 56.8 Å². The molecule has 168 valence electrons. The van der Waals surface area contributed by atoms with Gasteiger partial charge in [-0.3, -0.25) is 0 Å². The number of aliphatic hydroxyl groups is 2. The number of rotatable bonds is 9. The van der Waals surface area contributed by atoms with Crippen molar-refractivity contribution >= 4 is 0 Å². The quantitative estimate of drug-likeness (QED) is 0.535. The minimum absolute atomic E-state index is 0.276. The highest BCUT2D eigenvalue weighted by atomic mass is 16.6. The first kappa shape index (κ1) is 22.6. The molecule has 1 saturated carbocycles. The Hall–Kier alpha value is -2.54. The van der Waals surface area contributed by atoms with Crippen molar-refractivity contribution in [2.24, 2.45) is 0 Å². The van der Waals surface area contributed by atoms with Crippen molar-refractivity contribution in [2.75, 3.05) is 0 Å². The zero-order valence-corrected chi connectivity index (χ0v) is 18.0. The molecule has 4 rings (SSSR count). The minimum Gasteiger partial charge on any atom is -0.390 e. The topological polar surface area (TPSA) is 68.2 Å². The molecule has 1 unspecified atom stereocenters. The van der Waals surface area contributed by atoms with Gasteiger partial charge < -0.3 is 24.4 Å². The minimum atomic E-state index is -1.06. The van der Waals surface area contributed by atoms with E-state index in [1.54, 1.807) is 0 Å². The lowest BCUT2D eigenvalue weighted by Crippen LogP contribution is -2.58. The van der Waals surface area contributed by atoms with E-state index in [1.807, 2.05) is 91.0 Å². The molecule has 0 heterocycles. The van der Waals surface area contributed by atoms with Gasteiger partial charge >= 0.3 is 0 Å². The maximum absolute atomic E-state index is 10.8. The number of ether oxygens (including phenoxy) is 3. The van der Waals surface area contributed by atoms with Crippen molar-refractivity contribution in [3.8, 4) is 0 Å². The average molecular weight is 435 g/mol. The first-order chi connectivity index (χ1) is 15.7. The monoisotopic (exact) mass is 434 g/mol. The third-order valence-corrected chi connectivity index (χ3v) is 5.77. The summed E-state index contributed by atoms with van der Waals surface area (Å²) in [7, 11) is 0. The Balaban J connectivity index is 1.50. The van der Waals surface area contributed by atoms with Crippen LogP contribution >= 0.6 is 0 Å². The Morgan fingerprint density at radius 1 is 0.562 bits per heavy atom. The molecule has 1 aliphatic carbocycles. The zero-order chi connectivity index (χ0) is 22.2. The van der Waals surface area contributed by atoms with Gasteiger partial charge in [-0.25, -0.2) is 0 Å². The van der Waals surface area contributed by atoms with Gasteiger partial charge in [0.2, 0.25) is 0 Å². The van der Waals surface area contributed by atoms with E-state index in [2.05, 4.69) is 0 Å². The van der Waals surface area contributed by atoms with Crippen molar-refractivity contribution in [3.63, 3.8) is 0 Å². The molecule has 1 fully saturated rings. The first-order valence-electron chi connectivity index (χ1n) is 11.0. The van der Waals surface area contributed by atoms with E-state index in [0.29, 0.717) is 19.8 Å². The van der Waals surface area contributed by atoms with Gasteiger partial charge in [-0.1, -0.05) is 91.0 Å². The predicted molar refractivity (Wildman–Crippen MR) is 122 cm³/mol. The molecule has 0 aliphatic heterocycles. The largest absolute Gasteiger partial charge is 0.390 e. The molecule has 3 aromatic rings. The zero-order valence-electron chi connectivity index (χ0n) is 18.0. The van der Waals surface area contributed by atoms with Gasteiger partial charge in [0.25, 0.3) is 0 Å². The van der Waals surface area contributed by atoms with Gasteiger partial charge in [0.15, 0.2) is 0 Å². The second-order valence-electron chi connectivity index (χ2n) is 8.15. The average Bonchev–Trinajstić information content (AvgIpc) is 2.85. The van der Waals surface area contributed by atoms with Gasteiger partial charge in [-0.05, 0) is 16.7 Å². The first-order valence-corrected chi connectivity index (χ1v) is 11.0. The van der Waals surface area contributed by atoms with Gasteiger partial charge in [-0.15, -0.1) is 0 Å². The van der Waals surface area contributed by atoms with E-state index in [-0.39, 0.29) is 6.42 Å². The second-order valence-corrected chi connectivity index (χ2v) is 8.15. The molecule has 0 saturated heterocycles. The number of hydrogen-bond donors (Lipinski definition) is 2. The summed E-state index contributed by atoms with van der Waals surface area (Å²) in [4.78, 5) is 0. The lowest BCUT2D eigenvalue weighted by Gasteiger charge is -2.42. The van der Waals surface area contributed by atoms with Crippen LogP contribution < -0.4 is 0 Å². The Morgan fingerprint density at radius 3 is 1.44 bits per heavy atom. The van der Waals surface area contributed by atoms with Crippen molar-refractivity contribution in [1.82, 2.24) is 0 Å². The number of hydrogen-bond acceptors (Lipinski definition) is 5. The molecule has 5 heteroatoms. The maximum Gasteiger partial charge on any atom is 0.115 e. The fraction of sp³-hybridized carbons (Fsp3) is 0.333. The molecule has 2 N–H and O–H groups in total. The van der Waals surface area contributed by atoms with Crippen LogP contribution in [0.15, 0.2) is 91.0 Å². The molecule has 0 amide bonds. The van der Waals surface area contributed by atoms with Gasteiger partial charge in [0.05, 0.1) is 32.0 Å². The molecular weight excluding hydrogens is 404 g/mol. The van der Waals surface area contributed by atoms with E-state index in [4.69, 9.17) is 14.2 Å². The van der Waals surface area contributed by atoms with Crippen LogP contribution in [0, 0.1) is 0 Å². The molecule has 5 nitrogen and oxygen atoms in total. The van der Waals surface area contributed by atoms with Gasteiger partial charge in [-0.2, -0.15) is 0 Å². The van der Waals surface area contributed by atoms with Gasteiger partial charge in [0, 0.05) is 6.42 Å². The molecule has 3 aromatic carbocycles. The fourth-order valence-electron chi connectivity index (χ4n) is 4.01. The Bertz CT molecular complexity index is 919. The summed E-state index contributed by atoms with van der Waals surface area (Å²) in [6.45, 7) is 1.07. The smallest absolute Gasteiger partial charge is 0.115 e. The van der Waals surface area contributed by atoms with Crippen LogP contribution in [0.5, 0.6) is 0 Å². The highest BCUT2D eigenvalue weighted by Gasteiger charge is 2.46. The summed E-state index contributed by atoms with van der Waals surface area (Å²) >= 11 is 0. The fourth-order valence-corrected chi connectivity index (χ4v) is 4.01. The molecule has 0 spiro atoms. The number of aliphatic hydroxyl groups excluding tert-OH is 2. The van der Waals surface area contributed by atoms with E-state index in [0.717, 1.165) is 16.7 Å². The molecule has 0 bridgehead atoms. The van der Waals surface area contributed by atoms with Crippen LogP contribution in [0.1, 0.15) is 23.1 Å². The lowest BCUT2D eigenvalue weighted by atomic mass is 9.86. The molecule has 32 heavy (non-hydrogen) atoms. The summed E-state index contributed by atoms with van der Waals surface area (Å²) in [5.41, 5.74) is 3.05. The van der Waals surface area contributed by atoms with E-state index >= 15 is 0 Å². The molecule has 5 atom stereocenters. The van der Waals surface area contributed by atoms with Crippen LogP contribution in [0.3, 0.4) is 0 Å². The summed E-state index contributed by atoms with van der Waals surface area (Å²) < 4.78 is 18.6. The third-order valence-electron chi connectivity index (χ3n) is 5.77. The normalized spacial score (nSPS) is 25.5. The third kappa shape index (κ3) is 6.03. The Labute approximate surface area is 189 Å². The van der Waals surface area contributed by atoms with Crippen molar-refractivity contribution < 1.29 is 24.4 Å². The molecule has 0 radical (unpaired) electrons. The summed E-state index contributed by atoms with van der Waals surface area (Å²) in [5.74, 6) is 0. The lowest BCUT2D eigenvalue weighted by molar-refractivity contribution is -0.228. The van der Waals surface area contributed by atoms with Crippen LogP contribution in [-0.4, -0.2) is 40.7 Å². The standard InChI is InChI=1S/C27H30O5/c28-23-16-24(30-17-20-10-4-1-5-11-20)26(31-18-21-12-6-2-7-13-21)27(25(23)29)32-19-22-14-8-3-9-15-22/h1-15,23-29H,16-19H2/t23-,24+,25?,26+,27+/m1/s1. The predicted octanol–water partition coefficient (Wildman–Crippen LogP) is 3.87. The maximum atomic E-state index is 10.8. The van der Waals surface area contributed by atoms with Crippen molar-refractivity contribution in [3.05, 3.63) is 108 Å². The van der Waals surface area contributed by atoms with Crippen molar-refractivity contribution in [1.29, 1.82) is 0 Å². The van der Waals surface area contributed by atoms with E-state index in [9.17, 15) is 10.2 Å². The number of benzene rings is 3. The SMILES string of the molecule is OC1[C@H](O)C[C@H](OCc2ccccc2)[C@H](OCc2ccccc2)[C@H]1OCc1ccccc1. The van der Waals surface area contributed by atoms with Crippen LogP contribution in [0.2, 0.25) is 0 Å². The van der Waals surface area contributed by atoms with Crippen LogP contribution in [-0.2, 0) is 34.0 Å². The van der Waals surface area contributed by atoms with E-state index < -0.39 is 30.5 Å². The second kappa shape index (κ2) is 11.4. The Kier molecular flexibility index (Phi) is 8.04. The highest BCUT2D eigenvalue weighted by Crippen LogP contribution is 2.30. The summed E-state index contributed by atoms with van der Waals surface area (Å²) in [6, 6.07) is 29.5. The van der Waals surface area contributed by atoms with E-state index in [1.165, 1.54) is 0 Å². The summed E-state index contributed by atoms with van der Waals surface area (Å²) in [6.07, 6.45) is -3.40. The molecule has 0 aromatic heterocycles. The van der Waals surface area contributed by atoms with Gasteiger partial charge in [0.1, 0.15) is 18.3 Å². The Morgan fingerprint density at radius 2 is 0.969 bits per heavy atom. The van der Waals surface area contributed by atoms with Crippen LogP contribution in [0.25, 0.3) is 0 Å². The molecular formula is C27H30O5.